The van der Waals surface area contributed by atoms with Crippen LogP contribution in [-0.4, -0.2) is 89.1 Å². The first kappa shape index (κ1) is 27.9. The minimum Gasteiger partial charge on any atom is -0.491 e. The number of nitrogens with two attached hydrogens (primary N) is 1. The number of nitrogens with zero attached hydrogens (tertiary/aromatic N) is 6. The second-order valence-corrected chi connectivity index (χ2v) is 9.66. The van der Waals surface area contributed by atoms with Gasteiger partial charge in [-0.1, -0.05) is 13.3 Å². The number of nitrogens with one attached hydrogen (secondary N) is 2. The van der Waals surface area contributed by atoms with Crippen molar-refractivity contribution in [3.05, 3.63) is 48.2 Å². The molecular formula is C28H35N9O4. The number of hydrogen-bond donors (Lipinski definition) is 3. The van der Waals surface area contributed by atoms with Gasteiger partial charge in [-0.25, -0.2) is 4.98 Å². The number of fused-ring (bicyclic) bond motifs is 1. The molecule has 0 bridgehead atoms. The van der Waals surface area contributed by atoms with Crippen LogP contribution in [0.5, 0.6) is 5.75 Å². The van der Waals surface area contributed by atoms with E-state index >= 15 is 0 Å². The number of benzene rings is 1. The molecule has 0 radical (unpaired) electrons. The van der Waals surface area contributed by atoms with Gasteiger partial charge in [-0.2, -0.15) is 9.50 Å². The fourth-order valence-corrected chi connectivity index (χ4v) is 4.84. The summed E-state index contributed by atoms with van der Waals surface area (Å²) in [5, 5.41) is 15.7. The summed E-state index contributed by atoms with van der Waals surface area (Å²) in [6, 6.07) is 10.9. The quantitative estimate of drug-likeness (QED) is 0.173. The van der Waals surface area contributed by atoms with E-state index in [1.165, 1.54) is 10.8 Å². The average Bonchev–Trinajstić information content (AvgIpc) is 3.69. The van der Waals surface area contributed by atoms with Gasteiger partial charge in [-0.05, 0) is 42.8 Å². The van der Waals surface area contributed by atoms with Crippen LogP contribution in [0, 0.1) is 5.41 Å². The predicted molar refractivity (Wildman–Crippen MR) is 156 cm³/mol. The molecule has 41 heavy (non-hydrogen) atoms. The molecule has 1 fully saturated rings. The van der Waals surface area contributed by atoms with Crippen molar-refractivity contribution in [3.63, 3.8) is 0 Å². The third kappa shape index (κ3) is 6.09. The van der Waals surface area contributed by atoms with Gasteiger partial charge in [0.25, 0.3) is 0 Å². The first-order chi connectivity index (χ1) is 20.0. The molecule has 0 aliphatic carbocycles. The zero-order valence-corrected chi connectivity index (χ0v) is 23.2. The molecule has 13 heteroatoms. The van der Waals surface area contributed by atoms with Gasteiger partial charge in [0.05, 0.1) is 18.4 Å². The lowest BCUT2D eigenvalue weighted by Crippen LogP contribution is -2.53. The Morgan fingerprint density at radius 2 is 1.95 bits per heavy atom. The van der Waals surface area contributed by atoms with Gasteiger partial charge in [0, 0.05) is 45.2 Å². The molecule has 5 rings (SSSR count). The Hall–Kier alpha value is -4.65. The van der Waals surface area contributed by atoms with Crippen molar-refractivity contribution in [2.45, 2.75) is 25.8 Å². The van der Waals surface area contributed by atoms with E-state index < -0.39 is 6.04 Å². The molecule has 13 nitrogen and oxygen atoms in total. The van der Waals surface area contributed by atoms with E-state index in [1.807, 2.05) is 36.1 Å². The number of methoxy groups -OCH3 is 1. The van der Waals surface area contributed by atoms with E-state index in [9.17, 15) is 4.79 Å². The monoisotopic (exact) mass is 561 g/mol. The lowest BCUT2D eigenvalue weighted by atomic mass is 10.1. The van der Waals surface area contributed by atoms with Crippen LogP contribution >= 0.6 is 0 Å². The Balaban J connectivity index is 1.27. The Morgan fingerprint density at radius 1 is 1.17 bits per heavy atom. The molecular weight excluding hydrogens is 526 g/mol. The first-order valence-electron chi connectivity index (χ1n) is 13.6. The van der Waals surface area contributed by atoms with Crippen molar-refractivity contribution < 1.29 is 18.7 Å². The summed E-state index contributed by atoms with van der Waals surface area (Å²) < 4.78 is 17.5. The fraction of sp³-hybridized carbons (Fsp3) is 0.393. The van der Waals surface area contributed by atoms with Crippen molar-refractivity contribution in [2.24, 2.45) is 0 Å². The molecule has 216 valence electrons. The smallest absolute Gasteiger partial charge is 0.245 e. The van der Waals surface area contributed by atoms with Crippen LogP contribution in [0.1, 0.15) is 25.3 Å². The number of anilines is 3. The lowest BCUT2D eigenvalue weighted by molar-refractivity contribution is -0.132. The molecule has 0 saturated carbocycles. The Bertz CT molecular complexity index is 1460. The minimum absolute atomic E-state index is 0.0118. The lowest BCUT2D eigenvalue weighted by Gasteiger charge is -2.37. The van der Waals surface area contributed by atoms with Gasteiger partial charge < -0.3 is 40.2 Å². The van der Waals surface area contributed by atoms with Crippen molar-refractivity contribution in [1.82, 2.24) is 24.5 Å². The average molecular weight is 562 g/mol. The van der Waals surface area contributed by atoms with Crippen molar-refractivity contribution in [3.8, 4) is 17.3 Å². The van der Waals surface area contributed by atoms with E-state index in [-0.39, 0.29) is 11.9 Å². The van der Waals surface area contributed by atoms with Gasteiger partial charge >= 0.3 is 0 Å². The van der Waals surface area contributed by atoms with Crippen LogP contribution in [0.25, 0.3) is 17.2 Å². The first-order valence-corrected chi connectivity index (χ1v) is 13.6. The third-order valence-corrected chi connectivity index (χ3v) is 6.97. The second kappa shape index (κ2) is 12.7. The molecule has 1 saturated heterocycles. The highest BCUT2D eigenvalue weighted by atomic mass is 16.5. The predicted octanol–water partition coefficient (Wildman–Crippen LogP) is 2.92. The minimum atomic E-state index is -0.532. The maximum Gasteiger partial charge on any atom is 0.245 e. The van der Waals surface area contributed by atoms with E-state index in [0.717, 1.165) is 24.1 Å². The van der Waals surface area contributed by atoms with Crippen LogP contribution in [0.3, 0.4) is 0 Å². The number of ether oxygens (including phenoxy) is 2. The van der Waals surface area contributed by atoms with Crippen LogP contribution in [0.15, 0.2) is 47.1 Å². The Kier molecular flexibility index (Phi) is 8.63. The molecule has 3 aromatic heterocycles. The number of amides is 1. The zero-order valence-electron chi connectivity index (χ0n) is 23.2. The van der Waals surface area contributed by atoms with Crippen LogP contribution in [0.2, 0.25) is 0 Å². The zero-order chi connectivity index (χ0) is 28.8. The molecule has 1 aliphatic heterocycles. The maximum atomic E-state index is 13.7. The van der Waals surface area contributed by atoms with Gasteiger partial charge in [-0.3, -0.25) is 4.79 Å². The SMILES string of the molecule is CCCC(Nc1nc(N)n2nc(-c3ccco3)nc2c1C=N)C(=O)N1CCN(c2ccc(OCCOC)cc2)CC1. The number of rotatable bonds is 12. The Labute approximate surface area is 237 Å². The number of carbonyl (C=O) groups is 1. The van der Waals surface area contributed by atoms with Crippen molar-refractivity contribution >= 4 is 35.2 Å². The van der Waals surface area contributed by atoms with Crippen LogP contribution in [-0.2, 0) is 9.53 Å². The third-order valence-electron chi connectivity index (χ3n) is 6.97. The molecule has 1 aromatic carbocycles. The van der Waals surface area contributed by atoms with E-state index in [1.54, 1.807) is 19.2 Å². The van der Waals surface area contributed by atoms with Gasteiger partial charge in [-0.15, -0.1) is 5.10 Å². The molecule has 0 spiro atoms. The highest BCUT2D eigenvalue weighted by Gasteiger charge is 2.29. The fourth-order valence-electron chi connectivity index (χ4n) is 4.84. The normalized spacial score (nSPS) is 14.3. The number of nitrogen functional groups attached to an aromatic ring is 1. The van der Waals surface area contributed by atoms with Gasteiger partial charge in [0.15, 0.2) is 11.4 Å². The number of aromatic nitrogens is 4. The van der Waals surface area contributed by atoms with E-state index in [2.05, 4.69) is 25.3 Å². The van der Waals surface area contributed by atoms with E-state index in [4.69, 9.17) is 25.0 Å². The van der Waals surface area contributed by atoms with E-state index in [0.29, 0.717) is 74.4 Å². The standard InChI is InChI=1S/C28H35N9O4/c1-3-5-22(27(38)36-13-11-35(12-14-36)19-7-9-20(10-8-19)40-17-16-39-2)31-24-21(18-29)26-32-25(23-6-4-15-41-23)34-37(26)28(30)33-24/h4,6-10,15,18,22,29,31H,3,5,11-14,16-17H2,1-2H3,(H2,30,33). The number of piperazine rings is 1. The van der Waals surface area contributed by atoms with Crippen molar-refractivity contribution in [2.75, 3.05) is 62.5 Å². The summed E-state index contributed by atoms with van der Waals surface area (Å²) in [7, 11) is 1.65. The number of furan rings is 1. The van der Waals surface area contributed by atoms with Crippen molar-refractivity contribution in [1.29, 1.82) is 5.41 Å². The molecule has 1 unspecified atom stereocenters. The number of carbonyl (C=O) groups excluding carboxylic acids is 1. The molecule has 4 heterocycles. The van der Waals surface area contributed by atoms with Crippen LogP contribution in [0.4, 0.5) is 17.5 Å². The molecule has 4 aromatic rings. The summed E-state index contributed by atoms with van der Waals surface area (Å²) in [6.07, 6.45) is 4.06. The number of hydrogen-bond acceptors (Lipinski definition) is 11. The topological polar surface area (TPSA) is 160 Å². The summed E-state index contributed by atoms with van der Waals surface area (Å²) in [5.74, 6) is 2.00. The molecule has 4 N–H and O–H groups in total. The second-order valence-electron chi connectivity index (χ2n) is 9.66. The highest BCUT2D eigenvalue weighted by molar-refractivity contribution is 5.94. The summed E-state index contributed by atoms with van der Waals surface area (Å²) in [5.41, 5.74) is 8.05. The molecule has 1 atom stereocenters. The van der Waals surface area contributed by atoms with Gasteiger partial charge in [0.1, 0.15) is 24.2 Å². The van der Waals surface area contributed by atoms with Crippen LogP contribution < -0.4 is 20.7 Å². The molecule has 1 aliphatic rings. The highest BCUT2D eigenvalue weighted by Crippen LogP contribution is 2.25. The summed E-state index contributed by atoms with van der Waals surface area (Å²) in [4.78, 5) is 26.8. The molecule has 1 amide bonds. The Morgan fingerprint density at radius 3 is 2.61 bits per heavy atom. The summed E-state index contributed by atoms with van der Waals surface area (Å²) in [6.45, 7) is 5.69. The maximum absolute atomic E-state index is 13.7. The summed E-state index contributed by atoms with van der Waals surface area (Å²) >= 11 is 0. The van der Waals surface area contributed by atoms with Gasteiger partial charge in [0.2, 0.25) is 17.7 Å². The largest absolute Gasteiger partial charge is 0.491 e.